The monoisotopic (exact) mass is 401 g/mol. The highest BCUT2D eigenvalue weighted by molar-refractivity contribution is 5.91. The van der Waals surface area contributed by atoms with Crippen molar-refractivity contribution >= 4 is 17.7 Å². The third-order valence-electron chi connectivity index (χ3n) is 5.34. The fourth-order valence-electron chi connectivity index (χ4n) is 3.57. The molecular weight excluding hydrogens is 374 g/mol. The summed E-state index contributed by atoms with van der Waals surface area (Å²) in [6.45, 7) is 4.63. The molecule has 1 fully saturated rings. The lowest BCUT2D eigenvalue weighted by molar-refractivity contribution is -0.116. The second kappa shape index (κ2) is 9.41. The molecule has 1 saturated heterocycles. The van der Waals surface area contributed by atoms with Gasteiger partial charge in [0.1, 0.15) is 0 Å². The Hall–Kier alpha value is -3.38. The van der Waals surface area contributed by atoms with Gasteiger partial charge in [0.25, 0.3) is 0 Å². The number of hydrogen-bond donors (Lipinski definition) is 1. The Bertz CT molecular complexity index is 1000. The molecule has 30 heavy (non-hydrogen) atoms. The summed E-state index contributed by atoms with van der Waals surface area (Å²) in [6.07, 6.45) is 7.00. The highest BCUT2D eigenvalue weighted by Crippen LogP contribution is 2.21. The van der Waals surface area contributed by atoms with Crippen molar-refractivity contribution in [3.63, 3.8) is 0 Å². The van der Waals surface area contributed by atoms with Crippen molar-refractivity contribution < 1.29 is 4.79 Å². The van der Waals surface area contributed by atoms with Gasteiger partial charge in [-0.1, -0.05) is 36.4 Å². The Kier molecular flexibility index (Phi) is 6.25. The molecule has 0 radical (unpaired) electrons. The van der Waals surface area contributed by atoms with E-state index in [1.165, 1.54) is 5.69 Å². The number of piperazine rings is 1. The molecule has 1 N–H and O–H groups in total. The standard InChI is InChI=1S/C24H27N5O/c1-27-13-15-28(16-14-27)23-10-6-5-7-21(23)18-25-24(30)12-11-20-17-26-29(19-20)22-8-3-2-4-9-22/h2-12,17,19H,13-16,18H2,1H3,(H,25,30)/b12-11+. The van der Waals surface area contributed by atoms with Crippen LogP contribution in [0.2, 0.25) is 0 Å². The van der Waals surface area contributed by atoms with Crippen molar-refractivity contribution in [2.75, 3.05) is 38.1 Å². The van der Waals surface area contributed by atoms with Crippen molar-refractivity contribution in [1.82, 2.24) is 20.0 Å². The Morgan fingerprint density at radius 2 is 1.77 bits per heavy atom. The van der Waals surface area contributed by atoms with Gasteiger partial charge in [-0.05, 0) is 36.9 Å². The first kappa shape index (κ1) is 19.9. The first-order valence-corrected chi connectivity index (χ1v) is 10.3. The molecule has 1 aliphatic rings. The van der Waals surface area contributed by atoms with E-state index in [2.05, 4.69) is 45.5 Å². The Balaban J connectivity index is 1.35. The summed E-state index contributed by atoms with van der Waals surface area (Å²) in [6, 6.07) is 18.2. The van der Waals surface area contributed by atoms with E-state index in [0.717, 1.165) is 43.0 Å². The van der Waals surface area contributed by atoms with E-state index in [1.54, 1.807) is 23.0 Å². The first-order chi connectivity index (χ1) is 14.7. The fraction of sp³-hybridized carbons (Fsp3) is 0.250. The van der Waals surface area contributed by atoms with E-state index in [9.17, 15) is 4.79 Å². The largest absolute Gasteiger partial charge is 0.369 e. The van der Waals surface area contributed by atoms with Gasteiger partial charge in [-0.2, -0.15) is 5.10 Å². The van der Waals surface area contributed by atoms with Gasteiger partial charge in [-0.3, -0.25) is 4.79 Å². The van der Waals surface area contributed by atoms with E-state index in [4.69, 9.17) is 0 Å². The van der Waals surface area contributed by atoms with Crippen LogP contribution in [0.5, 0.6) is 0 Å². The number of aromatic nitrogens is 2. The number of benzene rings is 2. The summed E-state index contributed by atoms with van der Waals surface area (Å²) in [5.41, 5.74) is 4.22. The average Bonchev–Trinajstić information content (AvgIpc) is 3.27. The molecule has 1 amide bonds. The number of rotatable bonds is 6. The summed E-state index contributed by atoms with van der Waals surface area (Å²) in [5, 5.41) is 7.36. The van der Waals surface area contributed by atoms with Crippen LogP contribution in [-0.4, -0.2) is 53.8 Å². The van der Waals surface area contributed by atoms with Crippen LogP contribution in [0.15, 0.2) is 73.1 Å². The zero-order valence-electron chi connectivity index (χ0n) is 17.2. The van der Waals surface area contributed by atoms with Crippen LogP contribution < -0.4 is 10.2 Å². The Labute approximate surface area is 177 Å². The van der Waals surface area contributed by atoms with Gasteiger partial charge >= 0.3 is 0 Å². The number of para-hydroxylation sites is 2. The normalized spacial score (nSPS) is 14.9. The lowest BCUT2D eigenvalue weighted by Gasteiger charge is -2.35. The van der Waals surface area contributed by atoms with Gasteiger partial charge in [-0.25, -0.2) is 4.68 Å². The number of nitrogens with one attached hydrogen (secondary N) is 1. The molecule has 0 saturated carbocycles. The van der Waals surface area contributed by atoms with Gasteiger partial charge in [-0.15, -0.1) is 0 Å². The van der Waals surface area contributed by atoms with Crippen molar-refractivity contribution in [3.05, 3.63) is 84.2 Å². The average molecular weight is 402 g/mol. The molecule has 0 spiro atoms. The molecule has 3 aromatic rings. The summed E-state index contributed by atoms with van der Waals surface area (Å²) in [4.78, 5) is 17.1. The number of hydrogen-bond acceptors (Lipinski definition) is 4. The quantitative estimate of drug-likeness (QED) is 0.646. The van der Waals surface area contributed by atoms with E-state index in [0.29, 0.717) is 6.54 Å². The number of likely N-dealkylation sites (N-methyl/N-ethyl adjacent to an activating group) is 1. The van der Waals surface area contributed by atoms with Gasteiger partial charge in [0.05, 0.1) is 11.9 Å². The number of amides is 1. The summed E-state index contributed by atoms with van der Waals surface area (Å²) in [7, 11) is 2.15. The lowest BCUT2D eigenvalue weighted by atomic mass is 10.1. The highest BCUT2D eigenvalue weighted by atomic mass is 16.1. The number of nitrogens with zero attached hydrogens (tertiary/aromatic N) is 4. The minimum atomic E-state index is -0.115. The molecule has 1 aliphatic heterocycles. The summed E-state index contributed by atoms with van der Waals surface area (Å²) >= 11 is 0. The zero-order chi connectivity index (χ0) is 20.8. The Morgan fingerprint density at radius 3 is 2.57 bits per heavy atom. The maximum atomic E-state index is 12.4. The van der Waals surface area contributed by atoms with E-state index in [1.807, 2.05) is 42.6 Å². The molecule has 2 heterocycles. The molecule has 154 valence electrons. The van der Waals surface area contributed by atoms with E-state index >= 15 is 0 Å². The zero-order valence-corrected chi connectivity index (χ0v) is 17.2. The van der Waals surface area contributed by atoms with Gasteiger partial charge < -0.3 is 15.1 Å². The predicted octanol–water partition coefficient (Wildman–Crippen LogP) is 2.95. The van der Waals surface area contributed by atoms with Crippen LogP contribution in [-0.2, 0) is 11.3 Å². The molecule has 0 bridgehead atoms. The summed E-state index contributed by atoms with van der Waals surface area (Å²) < 4.78 is 1.80. The number of carbonyl (C=O) groups excluding carboxylic acids is 1. The van der Waals surface area contributed by atoms with Crippen molar-refractivity contribution in [1.29, 1.82) is 0 Å². The van der Waals surface area contributed by atoms with Crippen molar-refractivity contribution in [3.8, 4) is 5.69 Å². The highest BCUT2D eigenvalue weighted by Gasteiger charge is 2.16. The first-order valence-electron chi connectivity index (χ1n) is 10.3. The second-order valence-corrected chi connectivity index (χ2v) is 7.52. The SMILES string of the molecule is CN1CCN(c2ccccc2CNC(=O)/C=C/c2cnn(-c3ccccc3)c2)CC1. The smallest absolute Gasteiger partial charge is 0.244 e. The van der Waals surface area contributed by atoms with Crippen LogP contribution in [0.4, 0.5) is 5.69 Å². The van der Waals surface area contributed by atoms with E-state index < -0.39 is 0 Å². The minimum absolute atomic E-state index is 0.115. The third kappa shape index (κ3) is 4.96. The molecule has 6 nitrogen and oxygen atoms in total. The predicted molar refractivity (Wildman–Crippen MR) is 121 cm³/mol. The molecule has 1 aromatic heterocycles. The lowest BCUT2D eigenvalue weighted by Crippen LogP contribution is -2.45. The van der Waals surface area contributed by atoms with Crippen LogP contribution in [0, 0.1) is 0 Å². The maximum Gasteiger partial charge on any atom is 0.244 e. The fourth-order valence-corrected chi connectivity index (χ4v) is 3.57. The molecule has 0 aliphatic carbocycles. The third-order valence-corrected chi connectivity index (χ3v) is 5.34. The minimum Gasteiger partial charge on any atom is -0.369 e. The van der Waals surface area contributed by atoms with Gasteiger partial charge in [0.2, 0.25) is 5.91 Å². The van der Waals surface area contributed by atoms with Crippen molar-refractivity contribution in [2.24, 2.45) is 0 Å². The van der Waals surface area contributed by atoms with E-state index in [-0.39, 0.29) is 5.91 Å². The van der Waals surface area contributed by atoms with Gasteiger partial charge in [0.15, 0.2) is 0 Å². The molecule has 0 unspecified atom stereocenters. The Morgan fingerprint density at radius 1 is 1.03 bits per heavy atom. The maximum absolute atomic E-state index is 12.4. The van der Waals surface area contributed by atoms with Crippen molar-refractivity contribution in [2.45, 2.75) is 6.54 Å². The molecular formula is C24H27N5O. The molecule has 6 heteroatoms. The van der Waals surface area contributed by atoms with Crippen LogP contribution in [0.3, 0.4) is 0 Å². The van der Waals surface area contributed by atoms with Crippen LogP contribution in [0.25, 0.3) is 11.8 Å². The topological polar surface area (TPSA) is 53.4 Å². The van der Waals surface area contributed by atoms with Crippen LogP contribution in [0.1, 0.15) is 11.1 Å². The molecule has 4 rings (SSSR count). The molecule has 0 atom stereocenters. The van der Waals surface area contributed by atoms with Crippen LogP contribution >= 0.6 is 0 Å². The number of carbonyl (C=O) groups is 1. The molecule has 2 aromatic carbocycles. The number of anilines is 1. The second-order valence-electron chi connectivity index (χ2n) is 7.52. The van der Waals surface area contributed by atoms with Gasteiger partial charge in [0, 0.05) is 56.2 Å². The summed E-state index contributed by atoms with van der Waals surface area (Å²) in [5.74, 6) is -0.115.